The van der Waals surface area contributed by atoms with Gasteiger partial charge >= 0.3 is 0 Å². The molecule has 2 heterocycles. The molecule has 3 atom stereocenters. The minimum atomic E-state index is 1.03. The van der Waals surface area contributed by atoms with Gasteiger partial charge in [0.1, 0.15) is 0 Å². The van der Waals surface area contributed by atoms with Crippen molar-refractivity contribution in [3.63, 3.8) is 0 Å². The minimum Gasteiger partial charge on any atom is -0.297 e. The molecule has 2 fully saturated rings. The summed E-state index contributed by atoms with van der Waals surface area (Å²) in [6, 6.07) is 1.03. The molecule has 0 spiro atoms. The molecule has 0 radical (unpaired) electrons. The average molecular weight is 111 g/mol. The van der Waals surface area contributed by atoms with Gasteiger partial charge in [0.25, 0.3) is 0 Å². The highest BCUT2D eigenvalue weighted by molar-refractivity contribution is 4.97. The number of piperidine rings is 1. The molecule has 2 aliphatic heterocycles. The van der Waals surface area contributed by atoms with Crippen molar-refractivity contribution in [2.75, 3.05) is 13.1 Å². The molecule has 0 aliphatic carbocycles. The van der Waals surface area contributed by atoms with Crippen LogP contribution in [0.5, 0.6) is 0 Å². The third-order valence-electron chi connectivity index (χ3n) is 2.50. The Labute approximate surface area is 50.7 Å². The van der Waals surface area contributed by atoms with E-state index in [4.69, 9.17) is 0 Å². The number of nitrogens with zero attached hydrogens (tertiary/aromatic N) is 1. The van der Waals surface area contributed by atoms with Crippen molar-refractivity contribution in [3.8, 4) is 0 Å². The van der Waals surface area contributed by atoms with E-state index < -0.39 is 0 Å². The number of hydrogen-bond donors (Lipinski definition) is 0. The van der Waals surface area contributed by atoms with E-state index in [1.54, 1.807) is 0 Å². The van der Waals surface area contributed by atoms with E-state index in [0.717, 1.165) is 12.0 Å². The predicted molar refractivity (Wildman–Crippen MR) is 33.8 cm³/mol. The van der Waals surface area contributed by atoms with Crippen LogP contribution >= 0.6 is 0 Å². The second-order valence-corrected chi connectivity index (χ2v) is 3.12. The molecule has 46 valence electrons. The molecule has 2 saturated heterocycles. The Bertz CT molecular complexity index is 90.6. The fourth-order valence-corrected chi connectivity index (χ4v) is 1.76. The van der Waals surface area contributed by atoms with Gasteiger partial charge in [0, 0.05) is 19.1 Å². The van der Waals surface area contributed by atoms with Crippen LogP contribution in [-0.4, -0.2) is 24.0 Å². The predicted octanol–water partition coefficient (Wildman–Crippen LogP) is 1.10. The molecular weight excluding hydrogens is 98.1 g/mol. The number of rotatable bonds is 1. The van der Waals surface area contributed by atoms with E-state index in [-0.39, 0.29) is 0 Å². The van der Waals surface area contributed by atoms with Gasteiger partial charge in [-0.25, -0.2) is 0 Å². The smallest absolute Gasteiger partial charge is 0.0227 e. The van der Waals surface area contributed by atoms with E-state index in [9.17, 15) is 0 Å². The Morgan fingerprint density at radius 2 is 2.38 bits per heavy atom. The van der Waals surface area contributed by atoms with Crippen LogP contribution < -0.4 is 0 Å². The molecule has 0 aromatic heterocycles. The van der Waals surface area contributed by atoms with Crippen molar-refractivity contribution in [2.24, 2.45) is 5.92 Å². The standard InChI is InChI=1S/C7H13N/c1-2-6-3-7-5-8(7)4-6/h6-7H,2-5H2,1H3. The van der Waals surface area contributed by atoms with Gasteiger partial charge in [0.2, 0.25) is 0 Å². The molecule has 1 heteroatoms. The van der Waals surface area contributed by atoms with Gasteiger partial charge in [-0.3, -0.25) is 4.90 Å². The van der Waals surface area contributed by atoms with Crippen LogP contribution in [0.3, 0.4) is 0 Å². The van der Waals surface area contributed by atoms with Crippen molar-refractivity contribution in [3.05, 3.63) is 0 Å². The molecule has 2 aliphatic rings. The first-order valence-electron chi connectivity index (χ1n) is 3.64. The minimum absolute atomic E-state index is 1.03. The highest BCUT2D eigenvalue weighted by Gasteiger charge is 2.42. The summed E-state index contributed by atoms with van der Waals surface area (Å²) in [4.78, 5) is 2.58. The lowest BCUT2D eigenvalue weighted by Gasteiger charge is -2.04. The van der Waals surface area contributed by atoms with Crippen molar-refractivity contribution >= 4 is 0 Å². The van der Waals surface area contributed by atoms with Gasteiger partial charge in [-0.15, -0.1) is 0 Å². The van der Waals surface area contributed by atoms with Crippen LogP contribution in [0.15, 0.2) is 0 Å². The molecule has 0 bridgehead atoms. The third-order valence-corrected chi connectivity index (χ3v) is 2.50. The zero-order chi connectivity index (χ0) is 5.56. The Kier molecular flexibility index (Phi) is 0.884. The summed E-state index contributed by atoms with van der Waals surface area (Å²) in [7, 11) is 0. The Hall–Kier alpha value is -0.0400. The van der Waals surface area contributed by atoms with Crippen LogP contribution in [0.2, 0.25) is 0 Å². The van der Waals surface area contributed by atoms with Gasteiger partial charge in [-0.2, -0.15) is 0 Å². The van der Waals surface area contributed by atoms with Crippen LogP contribution in [0.1, 0.15) is 19.8 Å². The lowest BCUT2D eigenvalue weighted by atomic mass is 10.0. The van der Waals surface area contributed by atoms with E-state index in [1.807, 2.05) is 0 Å². The Morgan fingerprint density at radius 1 is 1.50 bits per heavy atom. The quantitative estimate of drug-likeness (QED) is 0.458. The molecule has 0 N–H and O–H groups in total. The van der Waals surface area contributed by atoms with Crippen molar-refractivity contribution in [2.45, 2.75) is 25.8 Å². The second kappa shape index (κ2) is 1.47. The fraction of sp³-hybridized carbons (Fsp3) is 1.00. The summed E-state index contributed by atoms with van der Waals surface area (Å²) in [5, 5.41) is 0. The van der Waals surface area contributed by atoms with E-state index in [1.165, 1.54) is 25.9 Å². The lowest BCUT2D eigenvalue weighted by Crippen LogP contribution is -2.04. The number of hydrogen-bond acceptors (Lipinski definition) is 1. The molecule has 1 nitrogen and oxygen atoms in total. The zero-order valence-electron chi connectivity index (χ0n) is 5.43. The van der Waals surface area contributed by atoms with Gasteiger partial charge in [0.15, 0.2) is 0 Å². The van der Waals surface area contributed by atoms with Crippen LogP contribution in [-0.2, 0) is 0 Å². The van der Waals surface area contributed by atoms with Crippen LogP contribution in [0, 0.1) is 5.92 Å². The Morgan fingerprint density at radius 3 is 2.75 bits per heavy atom. The SMILES string of the molecule is CCC1CC2CN2C1. The van der Waals surface area contributed by atoms with Gasteiger partial charge < -0.3 is 0 Å². The molecule has 0 aromatic carbocycles. The summed E-state index contributed by atoms with van der Waals surface area (Å²) >= 11 is 0. The molecule has 8 heavy (non-hydrogen) atoms. The van der Waals surface area contributed by atoms with E-state index >= 15 is 0 Å². The monoisotopic (exact) mass is 111 g/mol. The topological polar surface area (TPSA) is 3.01 Å². The highest BCUT2D eigenvalue weighted by atomic mass is 15.3. The fourth-order valence-electron chi connectivity index (χ4n) is 1.76. The van der Waals surface area contributed by atoms with Crippen molar-refractivity contribution < 1.29 is 0 Å². The first-order chi connectivity index (χ1) is 3.90. The maximum atomic E-state index is 2.58. The normalized spacial score (nSPS) is 51.4. The largest absolute Gasteiger partial charge is 0.297 e. The molecule has 0 amide bonds. The molecule has 3 unspecified atom stereocenters. The first kappa shape index (κ1) is 4.80. The Balaban J connectivity index is 1.89. The highest BCUT2D eigenvalue weighted by Crippen LogP contribution is 2.35. The lowest BCUT2D eigenvalue weighted by molar-refractivity contribution is 0.469. The van der Waals surface area contributed by atoms with E-state index in [2.05, 4.69) is 11.8 Å². The summed E-state index contributed by atoms with van der Waals surface area (Å²) < 4.78 is 0. The zero-order valence-corrected chi connectivity index (χ0v) is 5.43. The molecular formula is C7H13N. The van der Waals surface area contributed by atoms with Gasteiger partial charge in [-0.05, 0) is 12.3 Å². The summed E-state index contributed by atoms with van der Waals surface area (Å²) in [5.41, 5.74) is 0. The van der Waals surface area contributed by atoms with Gasteiger partial charge in [0.05, 0.1) is 0 Å². The third kappa shape index (κ3) is 0.576. The summed E-state index contributed by atoms with van der Waals surface area (Å²) in [6.45, 7) is 5.12. The molecule has 0 saturated carbocycles. The summed E-state index contributed by atoms with van der Waals surface area (Å²) in [5.74, 6) is 1.05. The maximum absolute atomic E-state index is 2.58. The maximum Gasteiger partial charge on any atom is 0.0227 e. The van der Waals surface area contributed by atoms with Crippen LogP contribution in [0.25, 0.3) is 0 Å². The first-order valence-corrected chi connectivity index (χ1v) is 3.64. The summed E-state index contributed by atoms with van der Waals surface area (Å²) in [6.07, 6.45) is 2.89. The molecule has 2 rings (SSSR count). The van der Waals surface area contributed by atoms with Crippen molar-refractivity contribution in [1.82, 2.24) is 4.90 Å². The van der Waals surface area contributed by atoms with Crippen molar-refractivity contribution in [1.29, 1.82) is 0 Å². The van der Waals surface area contributed by atoms with E-state index in [0.29, 0.717) is 0 Å². The van der Waals surface area contributed by atoms with Crippen LogP contribution in [0.4, 0.5) is 0 Å². The number of fused-ring (bicyclic) bond motifs is 1. The average Bonchev–Trinajstić information content (AvgIpc) is 2.40. The molecule has 0 aromatic rings. The van der Waals surface area contributed by atoms with Gasteiger partial charge in [-0.1, -0.05) is 13.3 Å². The second-order valence-electron chi connectivity index (χ2n) is 3.12.